The number of alkyl halides is 3. The van der Waals surface area contributed by atoms with E-state index in [1.807, 2.05) is 0 Å². The van der Waals surface area contributed by atoms with Gasteiger partial charge in [0.05, 0.1) is 26.7 Å². The van der Waals surface area contributed by atoms with Crippen LogP contribution < -0.4 is 5.56 Å². The van der Waals surface area contributed by atoms with E-state index in [1.165, 1.54) is 4.40 Å². The SMILES string of the molecule is CC(Sc1nnc2c(Cl)cc(C(F)(F)F)cn12)c1nc2ccccc2c(=O)[nH]1. The van der Waals surface area contributed by atoms with Crippen molar-refractivity contribution in [2.24, 2.45) is 0 Å². The fourth-order valence-corrected chi connectivity index (χ4v) is 3.81. The lowest BCUT2D eigenvalue weighted by Crippen LogP contribution is -2.13. The zero-order valence-corrected chi connectivity index (χ0v) is 15.7. The molecule has 3 heterocycles. The van der Waals surface area contributed by atoms with Crippen molar-refractivity contribution in [3.05, 3.63) is 63.3 Å². The summed E-state index contributed by atoms with van der Waals surface area (Å²) < 4.78 is 40.4. The molecule has 11 heteroatoms. The molecule has 1 unspecified atom stereocenters. The van der Waals surface area contributed by atoms with Crippen molar-refractivity contribution in [3.63, 3.8) is 0 Å². The van der Waals surface area contributed by atoms with Gasteiger partial charge in [0.25, 0.3) is 5.56 Å². The molecule has 0 aliphatic heterocycles. The van der Waals surface area contributed by atoms with Crippen molar-refractivity contribution < 1.29 is 13.2 Å². The zero-order chi connectivity index (χ0) is 20.1. The largest absolute Gasteiger partial charge is 0.417 e. The highest BCUT2D eigenvalue weighted by molar-refractivity contribution is 7.99. The Bertz CT molecular complexity index is 1250. The maximum Gasteiger partial charge on any atom is 0.417 e. The van der Waals surface area contributed by atoms with Gasteiger partial charge in [0, 0.05) is 6.20 Å². The Kier molecular flexibility index (Phi) is 4.54. The lowest BCUT2D eigenvalue weighted by molar-refractivity contribution is -0.137. The molecule has 28 heavy (non-hydrogen) atoms. The van der Waals surface area contributed by atoms with Gasteiger partial charge >= 0.3 is 6.18 Å². The number of aromatic amines is 1. The molecule has 0 spiro atoms. The Morgan fingerprint density at radius 3 is 2.75 bits per heavy atom. The highest BCUT2D eigenvalue weighted by Gasteiger charge is 2.32. The molecule has 4 aromatic rings. The topological polar surface area (TPSA) is 75.9 Å². The van der Waals surface area contributed by atoms with Gasteiger partial charge in [-0.25, -0.2) is 4.98 Å². The third-order valence-corrected chi connectivity index (χ3v) is 5.40. The molecule has 1 N–H and O–H groups in total. The van der Waals surface area contributed by atoms with Gasteiger partial charge in [0.2, 0.25) is 0 Å². The van der Waals surface area contributed by atoms with Gasteiger partial charge in [0.1, 0.15) is 5.82 Å². The molecule has 0 aliphatic carbocycles. The number of halogens is 4. The Morgan fingerprint density at radius 2 is 2.00 bits per heavy atom. The van der Waals surface area contributed by atoms with Gasteiger partial charge in [0.15, 0.2) is 10.8 Å². The van der Waals surface area contributed by atoms with Gasteiger partial charge in [-0.15, -0.1) is 10.2 Å². The number of nitrogens with zero attached hydrogens (tertiary/aromatic N) is 4. The van der Waals surface area contributed by atoms with Crippen LogP contribution in [0.15, 0.2) is 46.5 Å². The molecule has 144 valence electrons. The lowest BCUT2D eigenvalue weighted by atomic mass is 10.2. The van der Waals surface area contributed by atoms with Crippen LogP contribution in [0.25, 0.3) is 16.6 Å². The minimum absolute atomic E-state index is 0.115. The predicted octanol–water partition coefficient (Wildman–Crippen LogP) is 4.49. The Labute approximate surface area is 164 Å². The smallest absolute Gasteiger partial charge is 0.309 e. The van der Waals surface area contributed by atoms with Crippen molar-refractivity contribution in [1.82, 2.24) is 24.6 Å². The summed E-state index contributed by atoms with van der Waals surface area (Å²) >= 11 is 7.04. The van der Waals surface area contributed by atoms with Crippen molar-refractivity contribution >= 4 is 39.9 Å². The van der Waals surface area contributed by atoms with E-state index < -0.39 is 17.0 Å². The summed E-state index contributed by atoms with van der Waals surface area (Å²) in [4.78, 5) is 19.4. The van der Waals surface area contributed by atoms with Crippen LogP contribution in [0.1, 0.15) is 23.6 Å². The molecule has 0 radical (unpaired) electrons. The van der Waals surface area contributed by atoms with Crippen LogP contribution in [-0.2, 0) is 6.18 Å². The number of thioether (sulfide) groups is 1. The third kappa shape index (κ3) is 3.33. The molecule has 0 saturated carbocycles. The highest BCUT2D eigenvalue weighted by Crippen LogP contribution is 2.36. The van der Waals surface area contributed by atoms with Crippen LogP contribution in [0.2, 0.25) is 5.02 Å². The first kappa shape index (κ1) is 18.8. The molecule has 0 amide bonds. The number of pyridine rings is 1. The van der Waals surface area contributed by atoms with Crippen LogP contribution in [0.4, 0.5) is 13.2 Å². The first-order valence-electron chi connectivity index (χ1n) is 8.01. The van der Waals surface area contributed by atoms with Crippen molar-refractivity contribution in [2.75, 3.05) is 0 Å². The molecule has 0 saturated heterocycles. The second-order valence-electron chi connectivity index (χ2n) is 5.98. The summed E-state index contributed by atoms with van der Waals surface area (Å²) in [6, 6.07) is 7.69. The van der Waals surface area contributed by atoms with E-state index in [9.17, 15) is 18.0 Å². The number of benzene rings is 1. The molecule has 3 aromatic heterocycles. The molecule has 4 rings (SSSR count). The van der Waals surface area contributed by atoms with Crippen LogP contribution in [0, 0.1) is 0 Å². The van der Waals surface area contributed by atoms with Gasteiger partial charge in [-0.05, 0) is 25.1 Å². The van der Waals surface area contributed by atoms with Crippen molar-refractivity contribution in [3.8, 4) is 0 Å². The van der Waals surface area contributed by atoms with E-state index in [1.54, 1.807) is 31.2 Å². The van der Waals surface area contributed by atoms with E-state index in [2.05, 4.69) is 20.2 Å². The zero-order valence-electron chi connectivity index (χ0n) is 14.2. The van der Waals surface area contributed by atoms with Crippen LogP contribution in [-0.4, -0.2) is 24.6 Å². The number of nitrogens with one attached hydrogen (secondary N) is 1. The lowest BCUT2D eigenvalue weighted by Gasteiger charge is -2.11. The molecule has 1 atom stereocenters. The number of hydrogen-bond donors (Lipinski definition) is 1. The van der Waals surface area contributed by atoms with Gasteiger partial charge in [-0.1, -0.05) is 35.5 Å². The second-order valence-corrected chi connectivity index (χ2v) is 7.69. The van der Waals surface area contributed by atoms with E-state index in [-0.39, 0.29) is 21.4 Å². The number of rotatable bonds is 3. The Balaban J connectivity index is 1.74. The monoisotopic (exact) mass is 425 g/mol. The maximum atomic E-state index is 13.1. The molecule has 6 nitrogen and oxygen atoms in total. The summed E-state index contributed by atoms with van der Waals surface area (Å²) in [5.74, 6) is 0.378. The van der Waals surface area contributed by atoms with Gasteiger partial charge < -0.3 is 4.98 Å². The second kappa shape index (κ2) is 6.78. The molecule has 0 bridgehead atoms. The summed E-state index contributed by atoms with van der Waals surface area (Å²) in [6.45, 7) is 1.76. The minimum atomic E-state index is -4.55. The van der Waals surface area contributed by atoms with Crippen molar-refractivity contribution in [2.45, 2.75) is 23.5 Å². The van der Waals surface area contributed by atoms with Crippen LogP contribution in [0.3, 0.4) is 0 Å². The summed E-state index contributed by atoms with van der Waals surface area (Å²) in [5.41, 5.74) is -0.551. The number of para-hydroxylation sites is 1. The number of aromatic nitrogens is 5. The quantitative estimate of drug-likeness (QED) is 0.489. The fraction of sp³-hybridized carbons (Fsp3) is 0.176. The first-order valence-corrected chi connectivity index (χ1v) is 9.27. The summed E-state index contributed by atoms with van der Waals surface area (Å²) in [5, 5.41) is 7.89. The Morgan fingerprint density at radius 1 is 1.25 bits per heavy atom. The fourth-order valence-electron chi connectivity index (χ4n) is 2.68. The van der Waals surface area contributed by atoms with E-state index in [4.69, 9.17) is 11.6 Å². The number of fused-ring (bicyclic) bond motifs is 2. The average molecular weight is 426 g/mol. The van der Waals surface area contributed by atoms with E-state index in [0.717, 1.165) is 24.0 Å². The first-order chi connectivity index (χ1) is 13.2. The van der Waals surface area contributed by atoms with E-state index in [0.29, 0.717) is 16.7 Å². The minimum Gasteiger partial charge on any atom is -0.309 e. The summed E-state index contributed by atoms with van der Waals surface area (Å²) in [7, 11) is 0. The molecule has 0 fully saturated rings. The molecule has 1 aromatic carbocycles. The number of hydrogen-bond acceptors (Lipinski definition) is 5. The average Bonchev–Trinajstić information content (AvgIpc) is 3.04. The highest BCUT2D eigenvalue weighted by atomic mass is 35.5. The van der Waals surface area contributed by atoms with Crippen LogP contribution >= 0.6 is 23.4 Å². The van der Waals surface area contributed by atoms with E-state index >= 15 is 0 Å². The normalized spacial score (nSPS) is 13.3. The van der Waals surface area contributed by atoms with Crippen molar-refractivity contribution in [1.29, 1.82) is 0 Å². The standard InChI is InChI=1S/C17H11ClF3N5OS/c1-8(13-22-12-5-3-2-4-10(12)15(27)23-13)28-16-25-24-14-11(18)6-9(7-26(14)16)17(19,20)21/h2-8H,1H3,(H,22,23,27). The maximum absolute atomic E-state index is 13.1. The number of H-pyrrole nitrogens is 1. The predicted molar refractivity (Wildman–Crippen MR) is 99.6 cm³/mol. The molecule has 0 aliphatic rings. The third-order valence-electron chi connectivity index (χ3n) is 4.05. The van der Waals surface area contributed by atoms with Gasteiger partial charge in [-0.3, -0.25) is 9.20 Å². The molecular weight excluding hydrogens is 415 g/mol. The van der Waals surface area contributed by atoms with Crippen LogP contribution in [0.5, 0.6) is 0 Å². The van der Waals surface area contributed by atoms with Gasteiger partial charge in [-0.2, -0.15) is 13.2 Å². The summed E-state index contributed by atoms with van der Waals surface area (Å²) in [6.07, 6.45) is -3.66. The molecular formula is C17H11ClF3N5OS. The Hall–Kier alpha value is -2.59.